The van der Waals surface area contributed by atoms with Crippen molar-refractivity contribution in [3.8, 4) is 0 Å². The molecular formula is C25H29FN4O3. The average Bonchev–Trinajstić information content (AvgIpc) is 3.20. The molecule has 0 radical (unpaired) electrons. The van der Waals surface area contributed by atoms with Crippen molar-refractivity contribution < 1.29 is 18.8 Å². The lowest BCUT2D eigenvalue weighted by Crippen LogP contribution is -2.29. The van der Waals surface area contributed by atoms with E-state index in [0.29, 0.717) is 23.7 Å². The van der Waals surface area contributed by atoms with Crippen molar-refractivity contribution in [2.75, 3.05) is 11.9 Å². The number of nitrogens with zero attached hydrogens (tertiary/aromatic N) is 3. The molecule has 1 aliphatic heterocycles. The predicted octanol–water partition coefficient (Wildman–Crippen LogP) is 4.67. The minimum atomic E-state index is -0.959. The van der Waals surface area contributed by atoms with Gasteiger partial charge in [-0.3, -0.25) is 4.79 Å². The van der Waals surface area contributed by atoms with E-state index in [2.05, 4.69) is 41.4 Å². The maximum Gasteiger partial charge on any atom is 0.303 e. The van der Waals surface area contributed by atoms with E-state index in [9.17, 15) is 14.3 Å². The maximum atomic E-state index is 13.6. The van der Waals surface area contributed by atoms with E-state index in [0.717, 1.165) is 37.3 Å². The standard InChI is InChI=1S/C25H29FN4O3/c1-25(2)11-12-27-24-20(25)10-9-19(28-24)7-4-8-21-29-22(33-30-21)14-17(15-23(31)32)16-5-3-6-18(26)13-16/h3,5-6,9-10,13,17H,4,7-8,11-12,14-15H2,1-2H3,(H,27,28)(H,31,32). The molecule has 33 heavy (non-hydrogen) atoms. The number of aliphatic carboxylic acids is 1. The zero-order chi connectivity index (χ0) is 23.4. The van der Waals surface area contributed by atoms with Crippen LogP contribution >= 0.6 is 0 Å². The first-order valence-corrected chi connectivity index (χ1v) is 11.3. The molecule has 0 saturated heterocycles. The van der Waals surface area contributed by atoms with Gasteiger partial charge in [-0.25, -0.2) is 9.37 Å². The van der Waals surface area contributed by atoms with Gasteiger partial charge in [-0.15, -0.1) is 0 Å². The number of nitrogens with one attached hydrogen (secondary N) is 1. The van der Waals surface area contributed by atoms with Gasteiger partial charge < -0.3 is 14.9 Å². The molecule has 3 heterocycles. The molecule has 0 amide bonds. The number of benzene rings is 1. The summed E-state index contributed by atoms with van der Waals surface area (Å²) < 4.78 is 19.0. The van der Waals surface area contributed by atoms with Crippen LogP contribution in [0.5, 0.6) is 0 Å². The van der Waals surface area contributed by atoms with E-state index in [1.54, 1.807) is 12.1 Å². The monoisotopic (exact) mass is 452 g/mol. The highest BCUT2D eigenvalue weighted by Gasteiger charge is 2.28. The molecule has 3 aromatic rings. The van der Waals surface area contributed by atoms with E-state index in [1.165, 1.54) is 17.7 Å². The number of pyridine rings is 1. The van der Waals surface area contributed by atoms with Crippen molar-refractivity contribution in [1.82, 2.24) is 15.1 Å². The van der Waals surface area contributed by atoms with Gasteiger partial charge in [-0.1, -0.05) is 37.2 Å². The van der Waals surface area contributed by atoms with Crippen molar-refractivity contribution in [2.24, 2.45) is 0 Å². The average molecular weight is 453 g/mol. The van der Waals surface area contributed by atoms with Gasteiger partial charge in [0.05, 0.1) is 6.42 Å². The van der Waals surface area contributed by atoms with Gasteiger partial charge in [0.1, 0.15) is 11.6 Å². The number of aryl methyl sites for hydroxylation is 2. The molecule has 2 N–H and O–H groups in total. The molecule has 7 nitrogen and oxygen atoms in total. The number of hydrogen-bond donors (Lipinski definition) is 2. The summed E-state index contributed by atoms with van der Waals surface area (Å²) in [4.78, 5) is 20.5. The van der Waals surface area contributed by atoms with E-state index in [-0.39, 0.29) is 18.3 Å². The minimum Gasteiger partial charge on any atom is -0.481 e. The molecule has 1 unspecified atom stereocenters. The second-order valence-corrected chi connectivity index (χ2v) is 9.27. The summed E-state index contributed by atoms with van der Waals surface area (Å²) in [5, 5.41) is 16.7. The Kier molecular flexibility index (Phi) is 6.72. The van der Waals surface area contributed by atoms with Crippen molar-refractivity contribution in [3.05, 3.63) is 70.8 Å². The fourth-order valence-corrected chi connectivity index (χ4v) is 4.34. The zero-order valence-corrected chi connectivity index (χ0v) is 19.0. The molecular weight excluding hydrogens is 423 g/mol. The Hall–Kier alpha value is -3.29. The van der Waals surface area contributed by atoms with Crippen LogP contribution in [0.15, 0.2) is 40.9 Å². The molecule has 2 aromatic heterocycles. The topological polar surface area (TPSA) is 101 Å². The quantitative estimate of drug-likeness (QED) is 0.486. The smallest absolute Gasteiger partial charge is 0.303 e. The highest BCUT2D eigenvalue weighted by Crippen LogP contribution is 2.35. The van der Waals surface area contributed by atoms with Gasteiger partial charge in [0.25, 0.3) is 0 Å². The van der Waals surface area contributed by atoms with Crippen molar-refractivity contribution >= 4 is 11.8 Å². The molecule has 0 saturated carbocycles. The summed E-state index contributed by atoms with van der Waals surface area (Å²) in [5.41, 5.74) is 3.02. The van der Waals surface area contributed by atoms with Crippen LogP contribution in [0.1, 0.15) is 67.6 Å². The van der Waals surface area contributed by atoms with Gasteiger partial charge in [-0.2, -0.15) is 4.98 Å². The van der Waals surface area contributed by atoms with Crippen LogP contribution in [0.3, 0.4) is 0 Å². The third-order valence-electron chi connectivity index (χ3n) is 6.23. The van der Waals surface area contributed by atoms with E-state index in [4.69, 9.17) is 9.51 Å². The van der Waals surface area contributed by atoms with E-state index < -0.39 is 17.7 Å². The number of aromatic nitrogens is 3. The van der Waals surface area contributed by atoms with Crippen LogP contribution in [-0.2, 0) is 29.5 Å². The van der Waals surface area contributed by atoms with Gasteiger partial charge in [-0.05, 0) is 48.4 Å². The van der Waals surface area contributed by atoms with E-state index >= 15 is 0 Å². The van der Waals surface area contributed by atoms with Gasteiger partial charge in [0, 0.05) is 36.6 Å². The first kappa shape index (κ1) is 22.9. The fourth-order valence-electron chi connectivity index (χ4n) is 4.34. The third kappa shape index (κ3) is 5.74. The highest BCUT2D eigenvalue weighted by molar-refractivity contribution is 5.68. The second kappa shape index (κ2) is 9.68. The lowest BCUT2D eigenvalue weighted by molar-refractivity contribution is -0.137. The number of halogens is 1. The predicted molar refractivity (Wildman–Crippen MR) is 122 cm³/mol. The lowest BCUT2D eigenvalue weighted by atomic mass is 9.79. The Bertz CT molecular complexity index is 1130. The van der Waals surface area contributed by atoms with Crippen LogP contribution in [0.25, 0.3) is 0 Å². The van der Waals surface area contributed by atoms with Crippen molar-refractivity contribution in [1.29, 1.82) is 0 Å². The molecule has 0 bridgehead atoms. The highest BCUT2D eigenvalue weighted by atomic mass is 19.1. The van der Waals surface area contributed by atoms with Gasteiger partial charge in [0.2, 0.25) is 5.89 Å². The summed E-state index contributed by atoms with van der Waals surface area (Å²) >= 11 is 0. The third-order valence-corrected chi connectivity index (χ3v) is 6.23. The number of anilines is 1. The number of fused-ring (bicyclic) bond motifs is 1. The number of carboxylic acids is 1. The largest absolute Gasteiger partial charge is 0.481 e. The van der Waals surface area contributed by atoms with E-state index in [1.807, 2.05) is 0 Å². The van der Waals surface area contributed by atoms with Gasteiger partial charge in [0.15, 0.2) is 5.82 Å². The molecule has 8 heteroatoms. The molecule has 1 atom stereocenters. The Morgan fingerprint density at radius 2 is 2.09 bits per heavy atom. The number of rotatable bonds is 9. The molecule has 0 fully saturated rings. The maximum absolute atomic E-state index is 13.6. The van der Waals surface area contributed by atoms with Gasteiger partial charge >= 0.3 is 5.97 Å². The molecule has 0 spiro atoms. The number of carboxylic acid groups (broad SMARTS) is 1. The minimum absolute atomic E-state index is 0.136. The molecule has 1 aromatic carbocycles. The molecule has 4 rings (SSSR count). The summed E-state index contributed by atoms with van der Waals surface area (Å²) in [7, 11) is 0. The summed E-state index contributed by atoms with van der Waals surface area (Å²) in [6, 6.07) is 10.2. The summed E-state index contributed by atoms with van der Waals surface area (Å²) in [5.74, 6) is 0.118. The SMILES string of the molecule is CC1(C)CCNc2nc(CCCc3noc(CC(CC(=O)O)c4cccc(F)c4)n3)ccc21. The first-order valence-electron chi connectivity index (χ1n) is 11.3. The Morgan fingerprint density at radius 1 is 1.24 bits per heavy atom. The van der Waals surface area contributed by atoms with Crippen molar-refractivity contribution in [3.63, 3.8) is 0 Å². The molecule has 1 aliphatic rings. The normalized spacial score (nSPS) is 15.5. The molecule has 174 valence electrons. The van der Waals surface area contributed by atoms with Crippen LogP contribution in [0.4, 0.5) is 10.2 Å². The number of hydrogen-bond acceptors (Lipinski definition) is 6. The van der Waals surface area contributed by atoms with Crippen LogP contribution in [-0.4, -0.2) is 32.7 Å². The lowest BCUT2D eigenvalue weighted by Gasteiger charge is -2.32. The van der Waals surface area contributed by atoms with Crippen LogP contribution in [0, 0.1) is 5.82 Å². The van der Waals surface area contributed by atoms with Crippen molar-refractivity contribution in [2.45, 2.75) is 63.7 Å². The zero-order valence-electron chi connectivity index (χ0n) is 19.0. The Balaban J connectivity index is 1.35. The fraction of sp³-hybridized carbons (Fsp3) is 0.440. The summed E-state index contributed by atoms with van der Waals surface area (Å²) in [6.45, 7) is 5.43. The van der Waals surface area contributed by atoms with Crippen LogP contribution in [0.2, 0.25) is 0 Å². The first-order chi connectivity index (χ1) is 15.8. The second-order valence-electron chi connectivity index (χ2n) is 9.27. The Morgan fingerprint density at radius 3 is 2.88 bits per heavy atom. The van der Waals surface area contributed by atoms with Crippen LogP contribution < -0.4 is 5.32 Å². The number of carbonyl (C=O) groups is 1. The molecule has 0 aliphatic carbocycles. The summed E-state index contributed by atoms with van der Waals surface area (Å²) in [6.07, 6.45) is 3.44. The Labute approximate surface area is 192 Å².